The molecule has 0 saturated heterocycles. The summed E-state index contributed by atoms with van der Waals surface area (Å²) in [6.45, 7) is 1.24. The highest BCUT2D eigenvalue weighted by Crippen LogP contribution is 2.30. The van der Waals surface area contributed by atoms with Gasteiger partial charge in [-0.05, 0) is 48.9 Å². The molecule has 0 saturated carbocycles. The van der Waals surface area contributed by atoms with Crippen LogP contribution in [-0.4, -0.2) is 10.4 Å². The molecule has 0 atom stereocenters. The van der Waals surface area contributed by atoms with E-state index in [1.54, 1.807) is 30.3 Å². The van der Waals surface area contributed by atoms with Gasteiger partial charge in [-0.25, -0.2) is 9.13 Å². The van der Waals surface area contributed by atoms with E-state index in [4.69, 9.17) is 34.8 Å². The zero-order chi connectivity index (χ0) is 18.3. The van der Waals surface area contributed by atoms with E-state index < -0.39 is 0 Å². The maximum Gasteiger partial charge on any atom is 0.257 e. The Kier molecular flexibility index (Phi) is 6.32. The molecule has 27 heavy (non-hydrogen) atoms. The second-order valence-corrected chi connectivity index (χ2v) is 7.62. The first-order valence-electron chi connectivity index (χ1n) is 8.39. The standard InChI is InChI=1S/C20H16Cl3N2O.BrH/c21-15-6-3-13(4-7-15)19(26)12-24-11-18(25-9-1-2-20(24)25)14-5-8-16(22)17(23)10-14;/h3-8,10-11H,1-2,9,12H2;1H/q+1;/p-1. The molecule has 0 bridgehead atoms. The Bertz CT molecular complexity index is 999. The Balaban J connectivity index is 0.00000210. The van der Waals surface area contributed by atoms with Gasteiger partial charge in [-0.3, -0.25) is 4.79 Å². The number of carbonyl (C=O) groups is 1. The van der Waals surface area contributed by atoms with Crippen LogP contribution in [0.3, 0.4) is 0 Å². The van der Waals surface area contributed by atoms with Crippen LogP contribution in [0, 0.1) is 0 Å². The van der Waals surface area contributed by atoms with Crippen molar-refractivity contribution < 1.29 is 26.3 Å². The Hall–Kier alpha value is -1.33. The van der Waals surface area contributed by atoms with Gasteiger partial charge < -0.3 is 17.0 Å². The van der Waals surface area contributed by atoms with E-state index in [-0.39, 0.29) is 22.8 Å². The maximum atomic E-state index is 12.7. The Morgan fingerprint density at radius 1 is 1.04 bits per heavy atom. The van der Waals surface area contributed by atoms with Crippen molar-refractivity contribution in [1.82, 2.24) is 4.57 Å². The van der Waals surface area contributed by atoms with Crippen LogP contribution >= 0.6 is 34.8 Å². The predicted molar refractivity (Wildman–Crippen MR) is 104 cm³/mol. The van der Waals surface area contributed by atoms with Crippen LogP contribution in [-0.2, 0) is 19.5 Å². The minimum atomic E-state index is 0. The van der Waals surface area contributed by atoms with E-state index in [1.165, 1.54) is 0 Å². The zero-order valence-corrected chi connectivity index (χ0v) is 18.1. The number of benzene rings is 2. The SMILES string of the molecule is O=C(C[n+]1cc(-c2ccc(Cl)c(Cl)c2)n2c1CCC2)c1ccc(Cl)cc1.[Br-]. The summed E-state index contributed by atoms with van der Waals surface area (Å²) in [4.78, 5) is 12.7. The van der Waals surface area contributed by atoms with E-state index in [2.05, 4.69) is 4.57 Å². The lowest BCUT2D eigenvalue weighted by molar-refractivity contribution is -0.689. The van der Waals surface area contributed by atoms with Crippen molar-refractivity contribution in [1.29, 1.82) is 0 Å². The summed E-state index contributed by atoms with van der Waals surface area (Å²) in [5, 5.41) is 1.69. The Labute approximate surface area is 183 Å². The minimum Gasteiger partial charge on any atom is -1.00 e. The zero-order valence-electron chi connectivity index (χ0n) is 14.3. The van der Waals surface area contributed by atoms with Crippen LogP contribution in [0.25, 0.3) is 11.3 Å². The number of imidazole rings is 1. The summed E-state index contributed by atoms with van der Waals surface area (Å²) in [7, 11) is 0. The van der Waals surface area contributed by atoms with E-state index >= 15 is 0 Å². The van der Waals surface area contributed by atoms with Crippen molar-refractivity contribution >= 4 is 40.6 Å². The molecule has 0 unspecified atom stereocenters. The van der Waals surface area contributed by atoms with Crippen LogP contribution in [0.15, 0.2) is 48.7 Å². The first-order valence-corrected chi connectivity index (χ1v) is 9.52. The highest BCUT2D eigenvalue weighted by Gasteiger charge is 2.30. The van der Waals surface area contributed by atoms with E-state index in [1.807, 2.05) is 22.9 Å². The van der Waals surface area contributed by atoms with Gasteiger partial charge in [0.1, 0.15) is 6.20 Å². The average molecular weight is 487 g/mol. The van der Waals surface area contributed by atoms with Gasteiger partial charge in [-0.2, -0.15) is 0 Å². The number of rotatable bonds is 4. The summed E-state index contributed by atoms with van der Waals surface area (Å²) in [5.41, 5.74) is 2.72. The third-order valence-corrected chi connectivity index (χ3v) is 5.68. The molecule has 1 aliphatic rings. The third kappa shape index (κ3) is 4.09. The van der Waals surface area contributed by atoms with Gasteiger partial charge in [0, 0.05) is 16.1 Å². The number of aromatic nitrogens is 2. The van der Waals surface area contributed by atoms with E-state index in [9.17, 15) is 4.79 Å². The molecule has 0 N–H and O–H groups in total. The molecule has 4 rings (SSSR count). The van der Waals surface area contributed by atoms with Gasteiger partial charge in [-0.1, -0.05) is 34.8 Å². The van der Waals surface area contributed by atoms with Gasteiger partial charge in [0.05, 0.1) is 23.0 Å². The van der Waals surface area contributed by atoms with Crippen molar-refractivity contribution in [2.75, 3.05) is 0 Å². The highest BCUT2D eigenvalue weighted by molar-refractivity contribution is 6.42. The number of ketones is 1. The second kappa shape index (κ2) is 8.36. The number of hydrogen-bond acceptors (Lipinski definition) is 1. The molecule has 0 amide bonds. The van der Waals surface area contributed by atoms with Crippen molar-refractivity contribution in [3.05, 3.63) is 75.1 Å². The molecule has 3 aromatic rings. The number of hydrogen-bond donors (Lipinski definition) is 0. The number of halogens is 4. The van der Waals surface area contributed by atoms with Crippen molar-refractivity contribution in [3.63, 3.8) is 0 Å². The third-order valence-electron chi connectivity index (χ3n) is 4.69. The molecule has 1 aliphatic heterocycles. The van der Waals surface area contributed by atoms with Crippen LogP contribution < -0.4 is 21.5 Å². The average Bonchev–Trinajstić information content (AvgIpc) is 3.22. The van der Waals surface area contributed by atoms with Gasteiger partial charge in [0.2, 0.25) is 5.78 Å². The molecular formula is C20H16BrCl3N2O. The number of Topliss-reactive ketones (excluding diaryl/α,β-unsaturated/α-hetero) is 1. The van der Waals surface area contributed by atoms with Gasteiger partial charge in [0.25, 0.3) is 5.82 Å². The molecule has 1 aromatic heterocycles. The fourth-order valence-electron chi connectivity index (χ4n) is 3.41. The van der Waals surface area contributed by atoms with E-state index in [0.29, 0.717) is 27.2 Å². The fourth-order valence-corrected chi connectivity index (χ4v) is 3.84. The largest absolute Gasteiger partial charge is 1.00 e. The Morgan fingerprint density at radius 2 is 1.78 bits per heavy atom. The molecule has 0 fully saturated rings. The number of fused-ring (bicyclic) bond motifs is 1. The second-order valence-electron chi connectivity index (χ2n) is 6.37. The molecule has 3 nitrogen and oxygen atoms in total. The summed E-state index contributed by atoms with van der Waals surface area (Å²) >= 11 is 18.1. The lowest BCUT2D eigenvalue weighted by Gasteiger charge is -2.01. The molecular weight excluding hydrogens is 470 g/mol. The van der Waals surface area contributed by atoms with Gasteiger partial charge >= 0.3 is 0 Å². The number of nitrogens with zero attached hydrogens (tertiary/aromatic N) is 2. The van der Waals surface area contributed by atoms with Crippen LogP contribution in [0.5, 0.6) is 0 Å². The van der Waals surface area contributed by atoms with Gasteiger partial charge in [0.15, 0.2) is 12.2 Å². The number of carbonyl (C=O) groups excluding carboxylic acids is 1. The normalized spacial score (nSPS) is 12.6. The molecule has 0 radical (unpaired) electrons. The fraction of sp³-hybridized carbons (Fsp3) is 0.200. The monoisotopic (exact) mass is 484 g/mol. The quantitative estimate of drug-likeness (QED) is 0.410. The summed E-state index contributed by atoms with van der Waals surface area (Å²) in [6, 6.07) is 12.6. The first kappa shape index (κ1) is 20.4. The lowest BCUT2D eigenvalue weighted by atomic mass is 10.1. The van der Waals surface area contributed by atoms with Crippen LogP contribution in [0.4, 0.5) is 0 Å². The Morgan fingerprint density at radius 3 is 2.48 bits per heavy atom. The molecule has 0 aliphatic carbocycles. The van der Waals surface area contributed by atoms with E-state index in [0.717, 1.165) is 36.5 Å². The summed E-state index contributed by atoms with van der Waals surface area (Å²) in [6.07, 6.45) is 4.05. The van der Waals surface area contributed by atoms with Crippen molar-refractivity contribution in [2.24, 2.45) is 0 Å². The summed E-state index contributed by atoms with van der Waals surface area (Å²) in [5.74, 6) is 1.22. The molecule has 7 heteroatoms. The molecule has 140 valence electrons. The van der Waals surface area contributed by atoms with Crippen molar-refractivity contribution in [3.8, 4) is 11.3 Å². The molecule has 2 heterocycles. The predicted octanol–water partition coefficient (Wildman–Crippen LogP) is 2.24. The maximum absolute atomic E-state index is 12.7. The summed E-state index contributed by atoms with van der Waals surface area (Å²) < 4.78 is 4.30. The lowest BCUT2D eigenvalue weighted by Crippen LogP contribution is -3.00. The van der Waals surface area contributed by atoms with Crippen LogP contribution in [0.2, 0.25) is 15.1 Å². The topological polar surface area (TPSA) is 25.9 Å². The molecule has 0 spiro atoms. The molecule has 2 aromatic carbocycles. The first-order chi connectivity index (χ1) is 12.5. The highest BCUT2D eigenvalue weighted by atomic mass is 79.9. The van der Waals surface area contributed by atoms with Crippen LogP contribution in [0.1, 0.15) is 22.6 Å². The van der Waals surface area contributed by atoms with Crippen molar-refractivity contribution in [2.45, 2.75) is 25.9 Å². The van der Waals surface area contributed by atoms with Gasteiger partial charge in [-0.15, -0.1) is 0 Å². The smallest absolute Gasteiger partial charge is 0.257 e. The minimum absolute atomic E-state index is 0.